The fourth-order valence-corrected chi connectivity index (χ4v) is 2.66. The van der Waals surface area contributed by atoms with Crippen molar-refractivity contribution in [2.24, 2.45) is 5.92 Å². The molecule has 0 saturated carbocycles. The molecule has 0 aromatic heterocycles. The molecule has 2 nitrogen and oxygen atoms in total. The minimum absolute atomic E-state index is 0.538. The number of amidine groups is 1. The third-order valence-corrected chi connectivity index (χ3v) is 3.45. The van der Waals surface area contributed by atoms with Gasteiger partial charge in [-0.05, 0) is 24.3 Å². The smallest absolute Gasteiger partial charge is 0.254 e. The normalized spacial score (nSPS) is 16.9. The summed E-state index contributed by atoms with van der Waals surface area (Å²) in [5.74, 6) is 1.94. The van der Waals surface area contributed by atoms with Gasteiger partial charge in [0.25, 0.3) is 5.84 Å². The van der Waals surface area contributed by atoms with Crippen molar-refractivity contribution < 1.29 is 4.58 Å². The number of rotatable bonds is 2. The van der Waals surface area contributed by atoms with Gasteiger partial charge in [0.05, 0.1) is 26.1 Å². The zero-order chi connectivity index (χ0) is 12.4. The van der Waals surface area contributed by atoms with Crippen molar-refractivity contribution >= 4 is 23.1 Å². The van der Waals surface area contributed by atoms with E-state index in [0.29, 0.717) is 5.92 Å². The van der Waals surface area contributed by atoms with Crippen LogP contribution in [0.25, 0.3) is 0 Å². The van der Waals surface area contributed by atoms with Gasteiger partial charge in [-0.2, -0.15) is 0 Å². The van der Waals surface area contributed by atoms with Gasteiger partial charge in [-0.3, -0.25) is 4.58 Å². The molecule has 3 heteroatoms. The van der Waals surface area contributed by atoms with Crippen LogP contribution in [-0.2, 0) is 0 Å². The summed E-state index contributed by atoms with van der Waals surface area (Å²) in [4.78, 5) is 2.41. The Hall–Kier alpha value is -1.02. The van der Waals surface area contributed by atoms with E-state index in [2.05, 4.69) is 42.5 Å². The predicted molar refractivity (Wildman–Crippen MR) is 74.3 cm³/mol. The summed E-state index contributed by atoms with van der Waals surface area (Å²) in [6.45, 7) is 6.75. The van der Waals surface area contributed by atoms with Crippen LogP contribution in [-0.4, -0.2) is 30.5 Å². The van der Waals surface area contributed by atoms with Crippen LogP contribution in [0.3, 0.4) is 0 Å². The van der Waals surface area contributed by atoms with Gasteiger partial charge < -0.3 is 0 Å². The van der Waals surface area contributed by atoms with Crippen LogP contribution in [0.15, 0.2) is 24.3 Å². The average Bonchev–Trinajstić information content (AvgIpc) is 2.29. The van der Waals surface area contributed by atoms with Gasteiger partial charge >= 0.3 is 0 Å². The van der Waals surface area contributed by atoms with Crippen LogP contribution in [0.1, 0.15) is 20.3 Å². The van der Waals surface area contributed by atoms with Crippen molar-refractivity contribution in [1.82, 2.24) is 0 Å². The first-order valence-corrected chi connectivity index (χ1v) is 6.58. The fraction of sp³-hybridized carbons (Fsp3) is 0.500. The maximum absolute atomic E-state index is 5.94. The first kappa shape index (κ1) is 12.4. The van der Waals surface area contributed by atoms with Crippen molar-refractivity contribution in [1.29, 1.82) is 0 Å². The Morgan fingerprint density at radius 1 is 1.24 bits per heavy atom. The zero-order valence-electron chi connectivity index (χ0n) is 10.8. The summed E-state index contributed by atoms with van der Waals surface area (Å²) in [6, 6.07) is 8.13. The Bertz CT molecular complexity index is 420. The van der Waals surface area contributed by atoms with Crippen LogP contribution in [0, 0.1) is 5.92 Å². The Balaban J connectivity index is 2.36. The van der Waals surface area contributed by atoms with Crippen molar-refractivity contribution in [2.75, 3.05) is 25.0 Å². The van der Waals surface area contributed by atoms with E-state index in [9.17, 15) is 0 Å². The van der Waals surface area contributed by atoms with E-state index in [1.807, 2.05) is 12.1 Å². The van der Waals surface area contributed by atoms with Gasteiger partial charge in [0.15, 0.2) is 0 Å². The van der Waals surface area contributed by atoms with E-state index in [0.717, 1.165) is 18.1 Å². The summed E-state index contributed by atoms with van der Waals surface area (Å²) in [6.07, 6.45) is 1.20. The van der Waals surface area contributed by atoms with E-state index in [4.69, 9.17) is 11.6 Å². The molecule has 1 aliphatic heterocycles. The minimum Gasteiger partial charge on any atom is -0.268 e. The standard InChI is InChI=1S/C14H20ClN2/c1-11(2)14-16(3)9-4-10-17(14)13-7-5-12(15)6-8-13/h5-8,11H,4,9-10H2,1-3H3/q+1. The van der Waals surface area contributed by atoms with Crippen LogP contribution in [0.2, 0.25) is 5.02 Å². The second kappa shape index (κ2) is 5.09. The molecule has 92 valence electrons. The van der Waals surface area contributed by atoms with E-state index in [-0.39, 0.29) is 0 Å². The summed E-state index contributed by atoms with van der Waals surface area (Å²) in [5, 5.41) is 0.796. The number of halogens is 1. The molecular weight excluding hydrogens is 232 g/mol. The second-order valence-corrected chi connectivity index (χ2v) is 5.35. The molecule has 0 spiro atoms. The van der Waals surface area contributed by atoms with Crippen LogP contribution < -0.4 is 4.90 Å². The first-order chi connectivity index (χ1) is 8.09. The van der Waals surface area contributed by atoms with Gasteiger partial charge in [0.1, 0.15) is 5.69 Å². The SMILES string of the molecule is CC(C)C1=[N+](C)CCCN1c1ccc(Cl)cc1. The van der Waals surface area contributed by atoms with E-state index >= 15 is 0 Å². The highest BCUT2D eigenvalue weighted by molar-refractivity contribution is 6.30. The van der Waals surface area contributed by atoms with E-state index in [1.165, 1.54) is 17.9 Å². The minimum atomic E-state index is 0.538. The summed E-state index contributed by atoms with van der Waals surface area (Å²) in [5.41, 5.74) is 1.24. The molecule has 0 amide bonds. The molecule has 1 aromatic carbocycles. The number of hydrogen-bond donors (Lipinski definition) is 0. The number of anilines is 1. The summed E-state index contributed by atoms with van der Waals surface area (Å²) in [7, 11) is 2.18. The highest BCUT2D eigenvalue weighted by atomic mass is 35.5. The summed E-state index contributed by atoms with van der Waals surface area (Å²) >= 11 is 5.94. The van der Waals surface area contributed by atoms with Gasteiger partial charge in [-0.25, -0.2) is 4.90 Å². The molecule has 17 heavy (non-hydrogen) atoms. The van der Waals surface area contributed by atoms with Gasteiger partial charge in [0.2, 0.25) is 0 Å². The maximum Gasteiger partial charge on any atom is 0.254 e. The fourth-order valence-electron chi connectivity index (χ4n) is 2.54. The van der Waals surface area contributed by atoms with Crippen molar-refractivity contribution in [3.8, 4) is 0 Å². The predicted octanol–water partition coefficient (Wildman–Crippen LogP) is 3.25. The highest BCUT2D eigenvalue weighted by Crippen LogP contribution is 2.22. The molecule has 0 N–H and O–H groups in total. The summed E-state index contributed by atoms with van der Waals surface area (Å²) < 4.78 is 2.36. The molecule has 1 heterocycles. The number of hydrogen-bond acceptors (Lipinski definition) is 1. The first-order valence-electron chi connectivity index (χ1n) is 6.20. The molecule has 0 unspecified atom stereocenters. The molecule has 0 bridgehead atoms. The zero-order valence-corrected chi connectivity index (χ0v) is 11.5. The second-order valence-electron chi connectivity index (χ2n) is 4.92. The third-order valence-electron chi connectivity index (χ3n) is 3.20. The van der Waals surface area contributed by atoms with Crippen molar-refractivity contribution in [3.63, 3.8) is 0 Å². The number of benzene rings is 1. The monoisotopic (exact) mass is 251 g/mol. The van der Waals surface area contributed by atoms with Crippen LogP contribution in [0.5, 0.6) is 0 Å². The van der Waals surface area contributed by atoms with Gasteiger partial charge in [-0.1, -0.05) is 25.4 Å². The lowest BCUT2D eigenvalue weighted by molar-refractivity contribution is -0.504. The van der Waals surface area contributed by atoms with Crippen molar-refractivity contribution in [2.45, 2.75) is 20.3 Å². The molecule has 1 aromatic rings. The lowest BCUT2D eigenvalue weighted by Crippen LogP contribution is -2.46. The quantitative estimate of drug-likeness (QED) is 0.732. The largest absolute Gasteiger partial charge is 0.268 e. The average molecular weight is 252 g/mol. The van der Waals surface area contributed by atoms with Gasteiger partial charge in [-0.15, -0.1) is 0 Å². The Kier molecular flexibility index (Phi) is 3.72. The lowest BCUT2D eigenvalue weighted by Gasteiger charge is -2.27. The topological polar surface area (TPSA) is 6.25 Å². The maximum atomic E-state index is 5.94. The molecule has 0 aliphatic carbocycles. The third kappa shape index (κ3) is 2.63. The van der Waals surface area contributed by atoms with E-state index < -0.39 is 0 Å². The molecular formula is C14H20ClN2+. The van der Waals surface area contributed by atoms with Crippen LogP contribution >= 0.6 is 11.6 Å². The molecule has 1 aliphatic rings. The molecule has 2 rings (SSSR count). The Morgan fingerprint density at radius 2 is 1.88 bits per heavy atom. The van der Waals surface area contributed by atoms with E-state index in [1.54, 1.807) is 0 Å². The Morgan fingerprint density at radius 3 is 2.47 bits per heavy atom. The van der Waals surface area contributed by atoms with Crippen LogP contribution in [0.4, 0.5) is 5.69 Å². The lowest BCUT2D eigenvalue weighted by atomic mass is 10.1. The molecule has 0 saturated heterocycles. The highest BCUT2D eigenvalue weighted by Gasteiger charge is 2.29. The van der Waals surface area contributed by atoms with Crippen molar-refractivity contribution in [3.05, 3.63) is 29.3 Å². The Labute approximate surface area is 109 Å². The molecule has 0 radical (unpaired) electrons. The molecule has 0 atom stereocenters. The van der Waals surface area contributed by atoms with Gasteiger partial charge in [0, 0.05) is 11.4 Å². The number of nitrogens with zero attached hydrogens (tertiary/aromatic N) is 2. The molecule has 0 fully saturated rings.